The van der Waals surface area contributed by atoms with Gasteiger partial charge in [-0.15, -0.1) is 0 Å². The molecule has 96 valence electrons. The van der Waals surface area contributed by atoms with Gasteiger partial charge in [-0.2, -0.15) is 0 Å². The maximum absolute atomic E-state index is 11.3. The van der Waals surface area contributed by atoms with Gasteiger partial charge in [0.2, 0.25) is 5.91 Å². The Balaban J connectivity index is 2.02. The molecule has 0 aliphatic heterocycles. The SMILES string of the molecule is O=C(O)/C=C/C(=O)NCc1ccc2ccccc2c1. The number of hydrogen-bond donors (Lipinski definition) is 2. The zero-order valence-electron chi connectivity index (χ0n) is 10.2. The van der Waals surface area contributed by atoms with Crippen LogP contribution in [0.25, 0.3) is 10.8 Å². The normalized spacial score (nSPS) is 10.7. The van der Waals surface area contributed by atoms with E-state index in [0.29, 0.717) is 6.54 Å². The molecule has 0 heterocycles. The second-order valence-electron chi connectivity index (χ2n) is 4.07. The van der Waals surface area contributed by atoms with Crippen molar-refractivity contribution in [1.82, 2.24) is 5.32 Å². The van der Waals surface area contributed by atoms with Crippen LogP contribution in [0.5, 0.6) is 0 Å². The summed E-state index contributed by atoms with van der Waals surface area (Å²) in [5.41, 5.74) is 0.968. The minimum Gasteiger partial charge on any atom is -0.478 e. The molecule has 0 spiro atoms. The summed E-state index contributed by atoms with van der Waals surface area (Å²) in [5.74, 6) is -1.56. The standard InChI is InChI=1S/C15H13NO3/c17-14(7-8-15(18)19)16-10-11-5-6-12-3-1-2-4-13(12)9-11/h1-9H,10H2,(H,16,17)(H,18,19)/b8-7+. The van der Waals surface area contributed by atoms with Gasteiger partial charge in [0.05, 0.1) is 0 Å². The number of fused-ring (bicyclic) bond motifs is 1. The van der Waals surface area contributed by atoms with E-state index in [-0.39, 0.29) is 0 Å². The molecule has 19 heavy (non-hydrogen) atoms. The second kappa shape index (κ2) is 5.82. The molecule has 0 aliphatic rings. The fourth-order valence-electron chi connectivity index (χ4n) is 1.74. The molecule has 0 radical (unpaired) electrons. The number of amides is 1. The fraction of sp³-hybridized carbons (Fsp3) is 0.0667. The molecule has 1 amide bonds. The number of nitrogens with one attached hydrogen (secondary N) is 1. The highest BCUT2D eigenvalue weighted by atomic mass is 16.4. The molecule has 2 N–H and O–H groups in total. The number of aliphatic carboxylic acids is 1. The first kappa shape index (κ1) is 12.8. The molecule has 0 bridgehead atoms. The Morgan fingerprint density at radius 1 is 1.05 bits per heavy atom. The average Bonchev–Trinajstić information content (AvgIpc) is 2.42. The first-order valence-electron chi connectivity index (χ1n) is 5.82. The summed E-state index contributed by atoms with van der Waals surface area (Å²) in [6, 6.07) is 13.9. The van der Waals surface area contributed by atoms with E-state index in [1.807, 2.05) is 42.5 Å². The highest BCUT2D eigenvalue weighted by Crippen LogP contribution is 2.15. The predicted octanol–water partition coefficient (Wildman–Crippen LogP) is 2.10. The highest BCUT2D eigenvalue weighted by molar-refractivity contribution is 5.93. The van der Waals surface area contributed by atoms with Crippen molar-refractivity contribution in [2.45, 2.75) is 6.54 Å². The second-order valence-corrected chi connectivity index (χ2v) is 4.07. The molecule has 2 rings (SSSR count). The number of carboxylic acids is 1. The summed E-state index contributed by atoms with van der Waals surface area (Å²) in [5, 5.41) is 13.3. The van der Waals surface area contributed by atoms with E-state index in [2.05, 4.69) is 5.32 Å². The predicted molar refractivity (Wildman–Crippen MR) is 72.6 cm³/mol. The number of carbonyl (C=O) groups is 2. The maximum Gasteiger partial charge on any atom is 0.328 e. The fourth-order valence-corrected chi connectivity index (χ4v) is 1.74. The average molecular weight is 255 g/mol. The smallest absolute Gasteiger partial charge is 0.328 e. The van der Waals surface area contributed by atoms with E-state index in [4.69, 9.17) is 5.11 Å². The number of hydrogen-bond acceptors (Lipinski definition) is 2. The Labute approximate surface area is 110 Å². The van der Waals surface area contributed by atoms with E-state index in [1.54, 1.807) is 0 Å². The van der Waals surface area contributed by atoms with Crippen LogP contribution in [0.2, 0.25) is 0 Å². The molecule has 2 aromatic carbocycles. The van der Waals surface area contributed by atoms with Gasteiger partial charge in [-0.1, -0.05) is 36.4 Å². The van der Waals surface area contributed by atoms with Gasteiger partial charge in [0.1, 0.15) is 0 Å². The molecule has 0 unspecified atom stereocenters. The van der Waals surface area contributed by atoms with Gasteiger partial charge < -0.3 is 10.4 Å². The van der Waals surface area contributed by atoms with Crippen molar-refractivity contribution in [3.63, 3.8) is 0 Å². The van der Waals surface area contributed by atoms with E-state index < -0.39 is 11.9 Å². The lowest BCUT2D eigenvalue weighted by molar-refractivity contribution is -0.131. The summed E-state index contributed by atoms with van der Waals surface area (Å²) < 4.78 is 0. The van der Waals surface area contributed by atoms with Crippen LogP contribution in [0.3, 0.4) is 0 Å². The van der Waals surface area contributed by atoms with Crippen LogP contribution in [-0.2, 0) is 16.1 Å². The molecule has 0 atom stereocenters. The van der Waals surface area contributed by atoms with Gasteiger partial charge in [-0.25, -0.2) is 4.79 Å². The Morgan fingerprint density at radius 2 is 1.79 bits per heavy atom. The van der Waals surface area contributed by atoms with Crippen molar-refractivity contribution in [3.8, 4) is 0 Å². The van der Waals surface area contributed by atoms with Crippen LogP contribution in [0.15, 0.2) is 54.6 Å². The van der Waals surface area contributed by atoms with E-state index in [9.17, 15) is 9.59 Å². The molecular formula is C15H13NO3. The third-order valence-electron chi connectivity index (χ3n) is 2.66. The molecule has 4 nitrogen and oxygen atoms in total. The lowest BCUT2D eigenvalue weighted by Crippen LogP contribution is -2.20. The summed E-state index contributed by atoms with van der Waals surface area (Å²) in [4.78, 5) is 21.6. The van der Waals surface area contributed by atoms with Crippen LogP contribution < -0.4 is 5.32 Å². The molecule has 0 aliphatic carbocycles. The monoisotopic (exact) mass is 255 g/mol. The molecule has 0 aromatic heterocycles. The Bertz CT molecular complexity index is 647. The third kappa shape index (κ3) is 3.67. The van der Waals surface area contributed by atoms with Crippen LogP contribution in [0.4, 0.5) is 0 Å². The van der Waals surface area contributed by atoms with Crippen LogP contribution in [-0.4, -0.2) is 17.0 Å². The first-order chi connectivity index (χ1) is 9.15. The van der Waals surface area contributed by atoms with Crippen molar-refractivity contribution < 1.29 is 14.7 Å². The number of carbonyl (C=O) groups excluding carboxylic acids is 1. The van der Waals surface area contributed by atoms with Crippen molar-refractivity contribution in [2.75, 3.05) is 0 Å². The molecule has 2 aromatic rings. The highest BCUT2D eigenvalue weighted by Gasteiger charge is 1.99. The van der Waals surface area contributed by atoms with Gasteiger partial charge in [0.15, 0.2) is 0 Å². The summed E-state index contributed by atoms with van der Waals surface area (Å²) in [6.07, 6.45) is 1.82. The Kier molecular flexibility index (Phi) is 3.93. The summed E-state index contributed by atoms with van der Waals surface area (Å²) in [7, 11) is 0. The van der Waals surface area contributed by atoms with Crippen molar-refractivity contribution in [2.24, 2.45) is 0 Å². The van der Waals surface area contributed by atoms with Crippen LogP contribution >= 0.6 is 0 Å². The van der Waals surface area contributed by atoms with Gasteiger partial charge >= 0.3 is 5.97 Å². The molecule has 4 heteroatoms. The summed E-state index contributed by atoms with van der Waals surface area (Å²) in [6.45, 7) is 0.369. The van der Waals surface area contributed by atoms with Crippen molar-refractivity contribution >= 4 is 22.6 Å². The Hall–Kier alpha value is -2.62. The first-order valence-corrected chi connectivity index (χ1v) is 5.82. The van der Waals surface area contributed by atoms with Gasteiger partial charge in [0.25, 0.3) is 0 Å². The number of benzene rings is 2. The lowest BCUT2D eigenvalue weighted by atomic mass is 10.1. The molecule has 0 saturated heterocycles. The molecular weight excluding hydrogens is 242 g/mol. The quantitative estimate of drug-likeness (QED) is 0.822. The zero-order chi connectivity index (χ0) is 13.7. The zero-order valence-corrected chi connectivity index (χ0v) is 10.2. The van der Waals surface area contributed by atoms with Gasteiger partial charge in [-0.05, 0) is 22.4 Å². The number of rotatable bonds is 4. The van der Waals surface area contributed by atoms with E-state index in [0.717, 1.165) is 28.5 Å². The largest absolute Gasteiger partial charge is 0.478 e. The van der Waals surface area contributed by atoms with Gasteiger partial charge in [0, 0.05) is 18.7 Å². The topological polar surface area (TPSA) is 66.4 Å². The van der Waals surface area contributed by atoms with Crippen LogP contribution in [0.1, 0.15) is 5.56 Å². The summed E-state index contributed by atoms with van der Waals surface area (Å²) >= 11 is 0. The lowest BCUT2D eigenvalue weighted by Gasteiger charge is -2.04. The maximum atomic E-state index is 11.3. The minimum absolute atomic E-state index is 0.369. The van der Waals surface area contributed by atoms with Crippen molar-refractivity contribution in [3.05, 3.63) is 60.2 Å². The Morgan fingerprint density at radius 3 is 2.53 bits per heavy atom. The van der Waals surface area contributed by atoms with Gasteiger partial charge in [-0.3, -0.25) is 4.79 Å². The molecule has 0 saturated carbocycles. The minimum atomic E-state index is -1.14. The van der Waals surface area contributed by atoms with Crippen LogP contribution in [0, 0.1) is 0 Å². The number of carboxylic acid groups (broad SMARTS) is 1. The third-order valence-corrected chi connectivity index (χ3v) is 2.66. The van der Waals surface area contributed by atoms with Crippen molar-refractivity contribution in [1.29, 1.82) is 0 Å². The van der Waals surface area contributed by atoms with E-state index >= 15 is 0 Å². The van der Waals surface area contributed by atoms with E-state index in [1.165, 1.54) is 0 Å². The molecule has 0 fully saturated rings.